The lowest BCUT2D eigenvalue weighted by Gasteiger charge is -2.09. The molecular formula is C19H16ClN5O3. The third-order valence-corrected chi connectivity index (χ3v) is 4.08. The van der Waals surface area contributed by atoms with Crippen LogP contribution in [0.15, 0.2) is 55.1 Å². The van der Waals surface area contributed by atoms with Gasteiger partial charge in [0.1, 0.15) is 0 Å². The zero-order valence-electron chi connectivity index (χ0n) is 14.8. The summed E-state index contributed by atoms with van der Waals surface area (Å²) in [5.74, 6) is -0.550. The maximum absolute atomic E-state index is 12.2. The average molecular weight is 398 g/mol. The molecule has 3 rings (SSSR count). The van der Waals surface area contributed by atoms with Gasteiger partial charge in [-0.15, -0.1) is 0 Å². The van der Waals surface area contributed by atoms with E-state index < -0.39 is 5.97 Å². The van der Waals surface area contributed by atoms with Crippen LogP contribution in [0.5, 0.6) is 0 Å². The summed E-state index contributed by atoms with van der Waals surface area (Å²) in [4.78, 5) is 36.0. The van der Waals surface area contributed by atoms with Crippen molar-refractivity contribution in [3.63, 3.8) is 0 Å². The van der Waals surface area contributed by atoms with E-state index in [4.69, 9.17) is 11.6 Å². The summed E-state index contributed by atoms with van der Waals surface area (Å²) in [6.45, 7) is 0.372. The number of esters is 1. The van der Waals surface area contributed by atoms with Gasteiger partial charge in [0.25, 0.3) is 5.91 Å². The van der Waals surface area contributed by atoms with E-state index in [1.54, 1.807) is 24.5 Å². The van der Waals surface area contributed by atoms with Gasteiger partial charge >= 0.3 is 5.97 Å². The number of benzene rings is 1. The molecule has 28 heavy (non-hydrogen) atoms. The topological polar surface area (TPSA) is 106 Å². The Labute approximate surface area is 166 Å². The Balaban J connectivity index is 1.66. The van der Waals surface area contributed by atoms with E-state index in [1.807, 2.05) is 12.1 Å². The standard InChI is InChI=1S/C19H16ClN5O3/c1-28-18(27)13-2-3-15(20)16(8-13)25-19-23-10-14(11-24-19)17(26)22-9-12-4-6-21-7-5-12/h2-8,10-11H,9H2,1H3,(H,22,26)(H,23,24,25). The summed E-state index contributed by atoms with van der Waals surface area (Å²) in [6, 6.07) is 8.28. The zero-order chi connectivity index (χ0) is 19.9. The van der Waals surface area contributed by atoms with Gasteiger partial charge in [-0.25, -0.2) is 14.8 Å². The number of ether oxygens (including phenoxy) is 1. The zero-order valence-corrected chi connectivity index (χ0v) is 15.6. The van der Waals surface area contributed by atoms with Crippen molar-refractivity contribution in [3.05, 3.63) is 76.8 Å². The summed E-state index contributed by atoms with van der Waals surface area (Å²) >= 11 is 6.14. The van der Waals surface area contributed by atoms with Gasteiger partial charge < -0.3 is 15.4 Å². The van der Waals surface area contributed by atoms with Crippen LogP contribution in [0.25, 0.3) is 0 Å². The number of hydrogen-bond donors (Lipinski definition) is 2. The van der Waals surface area contributed by atoms with Crippen molar-refractivity contribution in [2.75, 3.05) is 12.4 Å². The first kappa shape index (κ1) is 19.2. The van der Waals surface area contributed by atoms with Crippen molar-refractivity contribution in [2.24, 2.45) is 0 Å². The van der Waals surface area contributed by atoms with Crippen molar-refractivity contribution in [3.8, 4) is 0 Å². The molecule has 0 bridgehead atoms. The molecule has 0 unspecified atom stereocenters. The van der Waals surface area contributed by atoms with Crippen molar-refractivity contribution in [1.82, 2.24) is 20.3 Å². The Hall–Kier alpha value is -3.52. The fraction of sp³-hybridized carbons (Fsp3) is 0.105. The van der Waals surface area contributed by atoms with E-state index in [9.17, 15) is 9.59 Å². The van der Waals surface area contributed by atoms with Crippen molar-refractivity contribution >= 4 is 35.1 Å². The predicted molar refractivity (Wildman–Crippen MR) is 104 cm³/mol. The first-order chi connectivity index (χ1) is 13.6. The number of halogens is 1. The third kappa shape index (κ3) is 4.80. The fourth-order valence-corrected chi connectivity index (χ4v) is 2.45. The average Bonchev–Trinajstić information content (AvgIpc) is 2.74. The van der Waals surface area contributed by atoms with E-state index in [1.165, 1.54) is 25.6 Å². The van der Waals surface area contributed by atoms with Crippen LogP contribution in [0, 0.1) is 0 Å². The van der Waals surface area contributed by atoms with Crippen LogP contribution in [0.2, 0.25) is 5.02 Å². The Bertz CT molecular complexity index is 981. The molecule has 2 aromatic heterocycles. The smallest absolute Gasteiger partial charge is 0.337 e. The number of rotatable bonds is 6. The van der Waals surface area contributed by atoms with Crippen molar-refractivity contribution < 1.29 is 14.3 Å². The minimum Gasteiger partial charge on any atom is -0.465 e. The molecule has 0 radical (unpaired) electrons. The lowest BCUT2D eigenvalue weighted by Crippen LogP contribution is -2.23. The number of nitrogens with one attached hydrogen (secondary N) is 2. The second-order valence-corrected chi connectivity index (χ2v) is 6.05. The van der Waals surface area contributed by atoms with E-state index in [0.29, 0.717) is 28.4 Å². The molecule has 0 atom stereocenters. The van der Waals surface area contributed by atoms with Crippen LogP contribution < -0.4 is 10.6 Å². The summed E-state index contributed by atoms with van der Waals surface area (Å²) in [6.07, 6.45) is 6.11. The van der Waals surface area contributed by atoms with Gasteiger partial charge in [0.05, 0.1) is 28.9 Å². The highest BCUT2D eigenvalue weighted by Crippen LogP contribution is 2.25. The molecule has 142 valence electrons. The van der Waals surface area contributed by atoms with E-state index in [-0.39, 0.29) is 11.9 Å². The number of carbonyl (C=O) groups excluding carboxylic acids is 2. The normalized spacial score (nSPS) is 10.2. The highest BCUT2D eigenvalue weighted by atomic mass is 35.5. The van der Waals surface area contributed by atoms with Crippen LogP contribution in [0.3, 0.4) is 0 Å². The summed E-state index contributed by atoms with van der Waals surface area (Å²) in [7, 11) is 1.30. The van der Waals surface area contributed by atoms with Crippen LogP contribution in [-0.4, -0.2) is 33.9 Å². The summed E-state index contributed by atoms with van der Waals surface area (Å²) < 4.78 is 4.69. The number of pyridine rings is 1. The molecule has 0 saturated heterocycles. The molecule has 0 aliphatic rings. The van der Waals surface area contributed by atoms with E-state index in [2.05, 4.69) is 30.3 Å². The van der Waals surface area contributed by atoms with Crippen molar-refractivity contribution in [1.29, 1.82) is 0 Å². The lowest BCUT2D eigenvalue weighted by atomic mass is 10.2. The third-order valence-electron chi connectivity index (χ3n) is 3.75. The van der Waals surface area contributed by atoms with Gasteiger partial charge in [-0.2, -0.15) is 0 Å². The van der Waals surface area contributed by atoms with Crippen LogP contribution in [-0.2, 0) is 11.3 Å². The lowest BCUT2D eigenvalue weighted by molar-refractivity contribution is 0.0600. The summed E-state index contributed by atoms with van der Waals surface area (Å²) in [5, 5.41) is 6.08. The largest absolute Gasteiger partial charge is 0.465 e. The van der Waals surface area contributed by atoms with Gasteiger partial charge in [0, 0.05) is 31.3 Å². The molecule has 2 heterocycles. The number of nitrogens with zero attached hydrogens (tertiary/aromatic N) is 3. The molecule has 0 saturated carbocycles. The van der Waals surface area contributed by atoms with Crippen LogP contribution in [0.1, 0.15) is 26.3 Å². The van der Waals surface area contributed by atoms with Crippen LogP contribution >= 0.6 is 11.6 Å². The number of aromatic nitrogens is 3. The molecule has 1 aromatic carbocycles. The summed E-state index contributed by atoms with van der Waals surface area (Å²) in [5.41, 5.74) is 2.03. The Morgan fingerprint density at radius 1 is 1.07 bits per heavy atom. The number of carbonyl (C=O) groups is 2. The van der Waals surface area contributed by atoms with E-state index in [0.717, 1.165) is 5.56 Å². The molecule has 0 spiro atoms. The first-order valence-electron chi connectivity index (χ1n) is 8.21. The molecule has 0 aliphatic carbocycles. The molecule has 0 fully saturated rings. The highest BCUT2D eigenvalue weighted by molar-refractivity contribution is 6.33. The van der Waals surface area contributed by atoms with Gasteiger partial charge in [-0.1, -0.05) is 11.6 Å². The van der Waals surface area contributed by atoms with Gasteiger partial charge in [0.15, 0.2) is 0 Å². The maximum atomic E-state index is 12.2. The number of methoxy groups -OCH3 is 1. The van der Waals surface area contributed by atoms with Gasteiger partial charge in [0.2, 0.25) is 5.95 Å². The second kappa shape index (κ2) is 8.92. The fourth-order valence-electron chi connectivity index (χ4n) is 2.28. The molecule has 1 amide bonds. The number of amides is 1. The quantitative estimate of drug-likeness (QED) is 0.616. The minimum absolute atomic E-state index is 0.231. The Kier molecular flexibility index (Phi) is 6.13. The molecule has 0 aliphatic heterocycles. The monoisotopic (exact) mass is 397 g/mol. The Morgan fingerprint density at radius 2 is 1.79 bits per heavy atom. The predicted octanol–water partition coefficient (Wildman–Crippen LogP) is 2.99. The van der Waals surface area contributed by atoms with Crippen molar-refractivity contribution in [2.45, 2.75) is 6.54 Å². The highest BCUT2D eigenvalue weighted by Gasteiger charge is 2.11. The maximum Gasteiger partial charge on any atom is 0.337 e. The van der Waals surface area contributed by atoms with Gasteiger partial charge in [-0.05, 0) is 35.9 Å². The molecule has 2 N–H and O–H groups in total. The number of anilines is 2. The number of hydrogen-bond acceptors (Lipinski definition) is 7. The molecular weight excluding hydrogens is 382 g/mol. The van der Waals surface area contributed by atoms with E-state index >= 15 is 0 Å². The minimum atomic E-state index is -0.484. The van der Waals surface area contributed by atoms with Gasteiger partial charge in [-0.3, -0.25) is 9.78 Å². The van der Waals surface area contributed by atoms with Crippen LogP contribution in [0.4, 0.5) is 11.6 Å². The molecule has 9 heteroatoms. The Morgan fingerprint density at radius 3 is 2.46 bits per heavy atom. The first-order valence-corrected chi connectivity index (χ1v) is 8.58. The second-order valence-electron chi connectivity index (χ2n) is 5.64. The molecule has 3 aromatic rings. The molecule has 8 nitrogen and oxygen atoms in total. The SMILES string of the molecule is COC(=O)c1ccc(Cl)c(Nc2ncc(C(=O)NCc3ccncc3)cn2)c1.